The third-order valence-corrected chi connectivity index (χ3v) is 6.01. The number of hydrogen-bond acceptors (Lipinski definition) is 4. The summed E-state index contributed by atoms with van der Waals surface area (Å²) in [4.78, 5) is 39.0. The maximum atomic E-state index is 12.5. The number of nitrogens with one attached hydrogen (secondary N) is 3. The predicted octanol–water partition coefficient (Wildman–Crippen LogP) is 2.55. The van der Waals surface area contributed by atoms with Crippen molar-refractivity contribution in [2.45, 2.75) is 90.1 Å². The Morgan fingerprint density at radius 2 is 1.79 bits per heavy atom. The number of nitrogens with zero attached hydrogens (tertiary/aromatic N) is 1. The van der Waals surface area contributed by atoms with Crippen LogP contribution in [0.5, 0.6) is 0 Å². The van der Waals surface area contributed by atoms with Crippen molar-refractivity contribution in [3.63, 3.8) is 0 Å². The van der Waals surface area contributed by atoms with Gasteiger partial charge in [0.1, 0.15) is 0 Å². The lowest BCUT2D eigenvalue weighted by molar-refractivity contribution is -0.130. The number of unbranched alkanes of at least 4 members (excludes halogenated alkanes) is 3. The second-order valence-corrected chi connectivity index (χ2v) is 8.31. The van der Waals surface area contributed by atoms with Gasteiger partial charge >= 0.3 is 6.03 Å². The highest BCUT2D eigenvalue weighted by molar-refractivity contribution is 5.97. The van der Waals surface area contributed by atoms with Crippen LogP contribution in [0.2, 0.25) is 0 Å². The lowest BCUT2D eigenvalue weighted by atomic mass is 9.95. The molecule has 1 saturated carbocycles. The second-order valence-electron chi connectivity index (χ2n) is 8.31. The molecule has 2 fully saturated rings. The van der Waals surface area contributed by atoms with Crippen molar-refractivity contribution in [2.75, 3.05) is 19.6 Å². The van der Waals surface area contributed by atoms with Gasteiger partial charge in [-0.3, -0.25) is 19.8 Å². The van der Waals surface area contributed by atoms with Gasteiger partial charge < -0.3 is 10.6 Å². The molecule has 0 aromatic rings. The van der Waals surface area contributed by atoms with Crippen molar-refractivity contribution in [1.82, 2.24) is 20.9 Å². The molecule has 2 atom stereocenters. The summed E-state index contributed by atoms with van der Waals surface area (Å²) in [5.41, 5.74) is 0. The molecule has 160 valence electrons. The average molecular weight is 395 g/mol. The van der Waals surface area contributed by atoms with E-state index < -0.39 is 12.1 Å². The Balaban J connectivity index is 1.72. The van der Waals surface area contributed by atoms with Gasteiger partial charge in [0, 0.05) is 19.1 Å². The van der Waals surface area contributed by atoms with Crippen LogP contribution in [-0.2, 0) is 9.59 Å². The monoisotopic (exact) mass is 394 g/mol. The van der Waals surface area contributed by atoms with Gasteiger partial charge in [-0.2, -0.15) is 0 Å². The summed E-state index contributed by atoms with van der Waals surface area (Å²) >= 11 is 0. The zero-order valence-electron chi connectivity index (χ0n) is 17.6. The van der Waals surface area contributed by atoms with Crippen LogP contribution in [0.1, 0.15) is 78.1 Å². The minimum atomic E-state index is -0.422. The van der Waals surface area contributed by atoms with E-state index in [2.05, 4.69) is 22.9 Å². The van der Waals surface area contributed by atoms with E-state index in [0.29, 0.717) is 6.54 Å². The van der Waals surface area contributed by atoms with Crippen molar-refractivity contribution in [2.24, 2.45) is 5.92 Å². The Morgan fingerprint density at radius 1 is 1.04 bits per heavy atom. The molecule has 0 aromatic heterocycles. The first-order valence-electron chi connectivity index (χ1n) is 11.1. The van der Waals surface area contributed by atoms with Crippen LogP contribution in [0.25, 0.3) is 0 Å². The topological polar surface area (TPSA) is 90.5 Å². The predicted molar refractivity (Wildman–Crippen MR) is 110 cm³/mol. The van der Waals surface area contributed by atoms with E-state index in [1.165, 1.54) is 12.8 Å². The molecule has 1 saturated heterocycles. The van der Waals surface area contributed by atoms with Gasteiger partial charge in [0.2, 0.25) is 11.8 Å². The largest absolute Gasteiger partial charge is 0.356 e. The number of hydrogen-bond donors (Lipinski definition) is 3. The number of carbonyl (C=O) groups excluding carboxylic acids is 3. The first-order chi connectivity index (χ1) is 13.5. The van der Waals surface area contributed by atoms with Gasteiger partial charge in [0.25, 0.3) is 0 Å². The molecular formula is C21H38N4O3. The Morgan fingerprint density at radius 3 is 2.50 bits per heavy atom. The molecule has 2 aliphatic rings. The van der Waals surface area contributed by atoms with E-state index in [4.69, 9.17) is 0 Å². The van der Waals surface area contributed by atoms with Crippen molar-refractivity contribution in [3.8, 4) is 0 Å². The highest BCUT2D eigenvalue weighted by Crippen LogP contribution is 2.19. The lowest BCUT2D eigenvalue weighted by Crippen LogP contribution is -2.54. The van der Waals surface area contributed by atoms with Crippen LogP contribution in [0, 0.1) is 5.92 Å². The van der Waals surface area contributed by atoms with Gasteiger partial charge in [-0.1, -0.05) is 39.0 Å². The molecule has 1 aliphatic carbocycles. The van der Waals surface area contributed by atoms with Crippen LogP contribution in [0.15, 0.2) is 0 Å². The van der Waals surface area contributed by atoms with E-state index in [1.54, 1.807) is 0 Å². The highest BCUT2D eigenvalue weighted by Gasteiger charge is 2.31. The van der Waals surface area contributed by atoms with E-state index in [-0.39, 0.29) is 23.8 Å². The van der Waals surface area contributed by atoms with E-state index >= 15 is 0 Å². The fourth-order valence-corrected chi connectivity index (χ4v) is 4.15. The van der Waals surface area contributed by atoms with Crippen molar-refractivity contribution < 1.29 is 14.4 Å². The number of piperidine rings is 1. The SMILES string of the molecule is CCCCCCNC(=O)[C@@H]1CCCN([C@@H](C)C(=O)NC(=O)NC2CCCC2)C1. The van der Waals surface area contributed by atoms with E-state index in [0.717, 1.165) is 64.5 Å². The maximum Gasteiger partial charge on any atom is 0.321 e. The number of carbonyl (C=O) groups is 3. The zero-order valence-corrected chi connectivity index (χ0v) is 17.6. The molecule has 0 unspecified atom stereocenters. The number of amides is 4. The molecule has 0 bridgehead atoms. The fraction of sp³-hybridized carbons (Fsp3) is 0.857. The fourth-order valence-electron chi connectivity index (χ4n) is 4.15. The van der Waals surface area contributed by atoms with E-state index in [1.807, 2.05) is 11.8 Å². The Bertz CT molecular complexity index is 520. The molecule has 0 radical (unpaired) electrons. The van der Waals surface area contributed by atoms with Crippen molar-refractivity contribution >= 4 is 17.8 Å². The van der Waals surface area contributed by atoms with Gasteiger partial charge in [-0.05, 0) is 45.6 Å². The molecule has 7 nitrogen and oxygen atoms in total. The second kappa shape index (κ2) is 12.0. The highest BCUT2D eigenvalue weighted by atomic mass is 16.2. The standard InChI is InChI=1S/C21H38N4O3/c1-3-4-5-8-13-22-20(27)17-10-9-14-25(15-17)16(2)19(26)24-21(28)23-18-11-6-7-12-18/h16-18H,3-15H2,1-2H3,(H,22,27)(H2,23,24,26,28)/t16-,17+/m0/s1. The van der Waals surface area contributed by atoms with Crippen LogP contribution < -0.4 is 16.0 Å². The molecule has 1 heterocycles. The third kappa shape index (κ3) is 7.41. The molecule has 3 N–H and O–H groups in total. The molecule has 0 aromatic carbocycles. The zero-order chi connectivity index (χ0) is 20.4. The van der Waals surface area contributed by atoms with E-state index in [9.17, 15) is 14.4 Å². The summed E-state index contributed by atoms with van der Waals surface area (Å²) < 4.78 is 0. The van der Waals surface area contributed by atoms with Crippen molar-refractivity contribution in [1.29, 1.82) is 0 Å². The molecule has 7 heteroatoms. The minimum Gasteiger partial charge on any atom is -0.356 e. The summed E-state index contributed by atoms with van der Waals surface area (Å²) in [6, 6.07) is -0.639. The molecular weight excluding hydrogens is 356 g/mol. The first kappa shape index (κ1) is 22.7. The minimum absolute atomic E-state index is 0.0810. The lowest BCUT2D eigenvalue weighted by Gasteiger charge is -2.35. The first-order valence-corrected chi connectivity index (χ1v) is 11.1. The van der Waals surface area contributed by atoms with Gasteiger partial charge in [-0.15, -0.1) is 0 Å². The van der Waals surface area contributed by atoms with Gasteiger partial charge in [0.15, 0.2) is 0 Å². The smallest absolute Gasteiger partial charge is 0.321 e. The molecule has 0 spiro atoms. The Hall–Kier alpha value is -1.63. The van der Waals surface area contributed by atoms with Gasteiger partial charge in [0.05, 0.1) is 12.0 Å². The summed E-state index contributed by atoms with van der Waals surface area (Å²) in [5.74, 6) is -0.286. The molecule has 1 aliphatic heterocycles. The summed E-state index contributed by atoms with van der Waals surface area (Å²) in [6.07, 6.45) is 10.5. The number of urea groups is 1. The van der Waals surface area contributed by atoms with Crippen LogP contribution in [0.3, 0.4) is 0 Å². The maximum absolute atomic E-state index is 12.5. The summed E-state index contributed by atoms with van der Waals surface area (Å²) in [7, 11) is 0. The normalized spacial score (nSPS) is 21.9. The van der Waals surface area contributed by atoms with Crippen molar-refractivity contribution in [3.05, 3.63) is 0 Å². The number of imide groups is 1. The third-order valence-electron chi connectivity index (χ3n) is 6.01. The average Bonchev–Trinajstić information content (AvgIpc) is 3.19. The quantitative estimate of drug-likeness (QED) is 0.524. The van der Waals surface area contributed by atoms with Crippen LogP contribution >= 0.6 is 0 Å². The summed E-state index contributed by atoms with van der Waals surface area (Å²) in [5, 5.41) is 8.39. The molecule has 4 amide bonds. The Kier molecular flexibility index (Phi) is 9.75. The number of likely N-dealkylation sites (tertiary alicyclic amines) is 1. The van der Waals surface area contributed by atoms with Crippen LogP contribution in [0.4, 0.5) is 4.79 Å². The summed E-state index contributed by atoms with van der Waals surface area (Å²) in [6.45, 7) is 6.06. The van der Waals surface area contributed by atoms with Gasteiger partial charge in [-0.25, -0.2) is 4.79 Å². The molecule has 2 rings (SSSR count). The Labute approximate surface area is 169 Å². The van der Waals surface area contributed by atoms with Crippen LogP contribution in [-0.4, -0.2) is 54.5 Å². The molecule has 28 heavy (non-hydrogen) atoms. The number of rotatable bonds is 9.